The van der Waals surface area contributed by atoms with Gasteiger partial charge in [0.25, 0.3) is 5.91 Å². The Kier molecular flexibility index (Phi) is 3.60. The van der Waals surface area contributed by atoms with Crippen molar-refractivity contribution >= 4 is 23.2 Å². The van der Waals surface area contributed by atoms with Crippen LogP contribution in [0.15, 0.2) is 48.5 Å². The van der Waals surface area contributed by atoms with Gasteiger partial charge in [-0.25, -0.2) is 0 Å². The number of hydrogen-bond acceptors (Lipinski definition) is 2. The molecule has 0 bridgehead atoms. The van der Waals surface area contributed by atoms with Crippen LogP contribution in [-0.4, -0.2) is 19.3 Å². The van der Waals surface area contributed by atoms with E-state index < -0.39 is 6.36 Å². The van der Waals surface area contributed by atoms with Gasteiger partial charge in [-0.05, 0) is 18.2 Å². The number of amides is 1. The van der Waals surface area contributed by atoms with E-state index in [2.05, 4.69) is 4.74 Å². The lowest BCUT2D eigenvalue weighted by Gasteiger charge is -2.11. The topological polar surface area (TPSA) is 29.5 Å². The average molecular weight is 319 g/mol. The molecule has 3 nitrogen and oxygen atoms in total. The molecule has 0 saturated carbocycles. The zero-order valence-electron chi connectivity index (χ0n) is 12.1. The summed E-state index contributed by atoms with van der Waals surface area (Å²) in [4.78, 5) is 13.8. The molecule has 0 aliphatic carbocycles. The highest BCUT2D eigenvalue weighted by Crippen LogP contribution is 2.38. The van der Waals surface area contributed by atoms with Gasteiger partial charge in [-0.3, -0.25) is 4.79 Å². The van der Waals surface area contributed by atoms with Gasteiger partial charge in [-0.15, -0.1) is 13.2 Å². The molecule has 3 rings (SSSR count). The first kappa shape index (κ1) is 15.1. The molecule has 0 atom stereocenters. The number of carbonyl (C=O) groups is 1. The van der Waals surface area contributed by atoms with Crippen LogP contribution in [0.2, 0.25) is 0 Å². The minimum Gasteiger partial charge on any atom is -0.405 e. The van der Waals surface area contributed by atoms with Crippen molar-refractivity contribution in [2.24, 2.45) is 0 Å². The van der Waals surface area contributed by atoms with Crippen LogP contribution < -0.4 is 9.64 Å². The van der Waals surface area contributed by atoms with Crippen LogP contribution in [0.25, 0.3) is 11.6 Å². The highest BCUT2D eigenvalue weighted by molar-refractivity contribution is 6.35. The maximum atomic E-state index is 12.5. The Hall–Kier alpha value is -2.76. The Bertz CT molecular complexity index is 796. The molecule has 2 aromatic rings. The van der Waals surface area contributed by atoms with Crippen LogP contribution in [-0.2, 0) is 4.79 Å². The van der Waals surface area contributed by atoms with E-state index in [0.717, 1.165) is 5.69 Å². The molecular formula is C17H12F3NO2. The number of alkyl halides is 3. The van der Waals surface area contributed by atoms with Gasteiger partial charge in [0.05, 0.1) is 5.69 Å². The van der Waals surface area contributed by atoms with E-state index in [-0.39, 0.29) is 17.2 Å². The summed E-state index contributed by atoms with van der Waals surface area (Å²) < 4.78 is 41.5. The standard InChI is InChI=1S/C17H12F3NO2/c1-21-14-8-4-3-7-12(14)13(16(21)22)10-11-6-2-5-9-15(11)23-17(18,19)20/h2-10H,1H3/b13-10-. The van der Waals surface area contributed by atoms with Crippen LogP contribution >= 0.6 is 0 Å². The molecular weight excluding hydrogens is 307 g/mol. The molecule has 6 heteroatoms. The molecule has 0 aromatic heterocycles. The van der Waals surface area contributed by atoms with Crippen LogP contribution in [0.1, 0.15) is 11.1 Å². The number of likely N-dealkylation sites (N-methyl/N-ethyl adjacent to an activating group) is 1. The van der Waals surface area contributed by atoms with Crippen molar-refractivity contribution < 1.29 is 22.7 Å². The summed E-state index contributed by atoms with van der Waals surface area (Å²) in [7, 11) is 1.63. The van der Waals surface area contributed by atoms with E-state index in [1.165, 1.54) is 29.2 Å². The fourth-order valence-electron chi connectivity index (χ4n) is 2.51. The third-order valence-electron chi connectivity index (χ3n) is 3.54. The van der Waals surface area contributed by atoms with Gasteiger partial charge in [-0.1, -0.05) is 36.4 Å². The van der Waals surface area contributed by atoms with Crippen molar-refractivity contribution in [2.75, 3.05) is 11.9 Å². The number of benzene rings is 2. The minimum absolute atomic E-state index is 0.193. The summed E-state index contributed by atoms with van der Waals surface area (Å²) in [6.45, 7) is 0. The summed E-state index contributed by atoms with van der Waals surface area (Å²) in [5.41, 5.74) is 1.93. The molecule has 2 aromatic carbocycles. The number of fused-ring (bicyclic) bond motifs is 1. The average Bonchev–Trinajstić information content (AvgIpc) is 2.73. The van der Waals surface area contributed by atoms with Crippen molar-refractivity contribution in [2.45, 2.75) is 6.36 Å². The number of halogens is 3. The van der Waals surface area contributed by atoms with E-state index >= 15 is 0 Å². The molecule has 0 saturated heterocycles. The van der Waals surface area contributed by atoms with Crippen molar-refractivity contribution in [1.82, 2.24) is 0 Å². The maximum Gasteiger partial charge on any atom is 0.573 e. The highest BCUT2D eigenvalue weighted by Gasteiger charge is 2.33. The molecule has 0 unspecified atom stereocenters. The zero-order chi connectivity index (χ0) is 16.6. The third kappa shape index (κ3) is 2.92. The summed E-state index contributed by atoms with van der Waals surface area (Å²) in [6.07, 6.45) is -3.37. The number of nitrogens with zero attached hydrogens (tertiary/aromatic N) is 1. The van der Waals surface area contributed by atoms with Crippen LogP contribution in [0.4, 0.5) is 18.9 Å². The smallest absolute Gasteiger partial charge is 0.405 e. The molecule has 118 valence electrons. The summed E-state index contributed by atoms with van der Waals surface area (Å²) in [6, 6.07) is 12.8. The minimum atomic E-state index is -4.79. The lowest BCUT2D eigenvalue weighted by atomic mass is 10.0. The SMILES string of the molecule is CN1C(=O)/C(=C\c2ccccc2OC(F)(F)F)c2ccccc21. The van der Waals surface area contributed by atoms with E-state index in [4.69, 9.17) is 0 Å². The number of ether oxygens (including phenoxy) is 1. The van der Waals surface area contributed by atoms with Gasteiger partial charge >= 0.3 is 6.36 Å². The van der Waals surface area contributed by atoms with Crippen LogP contribution in [0.3, 0.4) is 0 Å². The molecule has 1 heterocycles. The van der Waals surface area contributed by atoms with Gasteiger partial charge in [-0.2, -0.15) is 0 Å². The molecule has 0 radical (unpaired) electrons. The van der Waals surface area contributed by atoms with E-state index in [0.29, 0.717) is 11.1 Å². The second kappa shape index (κ2) is 5.46. The quantitative estimate of drug-likeness (QED) is 0.780. The van der Waals surface area contributed by atoms with E-state index in [1.54, 1.807) is 37.4 Å². The number of para-hydroxylation sites is 2. The summed E-state index contributed by atoms with van der Waals surface area (Å²) in [5, 5.41) is 0. The van der Waals surface area contributed by atoms with Gasteiger partial charge in [0.2, 0.25) is 0 Å². The Morgan fingerprint density at radius 2 is 1.70 bits per heavy atom. The number of hydrogen-bond donors (Lipinski definition) is 0. The molecule has 1 amide bonds. The Morgan fingerprint density at radius 3 is 2.43 bits per heavy atom. The van der Waals surface area contributed by atoms with E-state index in [1.807, 2.05) is 0 Å². The Balaban J connectivity index is 2.08. The third-order valence-corrected chi connectivity index (χ3v) is 3.54. The second-order valence-corrected chi connectivity index (χ2v) is 5.02. The highest BCUT2D eigenvalue weighted by atomic mass is 19.4. The molecule has 0 N–H and O–H groups in total. The Labute approximate surface area is 130 Å². The molecule has 23 heavy (non-hydrogen) atoms. The fraction of sp³-hybridized carbons (Fsp3) is 0.118. The predicted octanol–water partition coefficient (Wildman–Crippen LogP) is 4.10. The van der Waals surface area contributed by atoms with Crippen LogP contribution in [0.5, 0.6) is 5.75 Å². The Morgan fingerprint density at radius 1 is 1.04 bits per heavy atom. The maximum absolute atomic E-state index is 12.5. The van der Waals surface area contributed by atoms with E-state index in [9.17, 15) is 18.0 Å². The predicted molar refractivity (Wildman–Crippen MR) is 80.8 cm³/mol. The zero-order valence-corrected chi connectivity index (χ0v) is 12.1. The second-order valence-electron chi connectivity index (χ2n) is 5.02. The van der Waals surface area contributed by atoms with Gasteiger partial charge in [0.15, 0.2) is 0 Å². The largest absolute Gasteiger partial charge is 0.573 e. The molecule has 1 aliphatic heterocycles. The van der Waals surface area contributed by atoms with Gasteiger partial charge in [0.1, 0.15) is 5.75 Å². The summed E-state index contributed by atoms with van der Waals surface area (Å²) in [5.74, 6) is -0.611. The molecule has 0 spiro atoms. The van der Waals surface area contributed by atoms with Crippen molar-refractivity contribution in [3.8, 4) is 5.75 Å². The van der Waals surface area contributed by atoms with Gasteiger partial charge < -0.3 is 9.64 Å². The molecule has 1 aliphatic rings. The first-order valence-corrected chi connectivity index (χ1v) is 6.81. The number of anilines is 1. The van der Waals surface area contributed by atoms with Crippen molar-refractivity contribution in [1.29, 1.82) is 0 Å². The fourth-order valence-corrected chi connectivity index (χ4v) is 2.51. The van der Waals surface area contributed by atoms with Crippen LogP contribution in [0, 0.1) is 0 Å². The monoisotopic (exact) mass is 319 g/mol. The number of carbonyl (C=O) groups excluding carboxylic acids is 1. The lowest BCUT2D eigenvalue weighted by molar-refractivity contribution is -0.274. The lowest BCUT2D eigenvalue weighted by Crippen LogP contribution is -2.20. The van der Waals surface area contributed by atoms with Crippen molar-refractivity contribution in [3.05, 3.63) is 59.7 Å². The molecule has 0 fully saturated rings. The number of rotatable bonds is 2. The summed E-state index contributed by atoms with van der Waals surface area (Å²) >= 11 is 0. The van der Waals surface area contributed by atoms with Crippen molar-refractivity contribution in [3.63, 3.8) is 0 Å². The first-order chi connectivity index (χ1) is 10.9. The normalized spacial score (nSPS) is 15.9. The van der Waals surface area contributed by atoms with Gasteiger partial charge in [0, 0.05) is 23.7 Å². The first-order valence-electron chi connectivity index (χ1n) is 6.81.